The molecule has 1 unspecified atom stereocenters. The van der Waals surface area contributed by atoms with Crippen LogP contribution in [-0.2, 0) is 0 Å². The van der Waals surface area contributed by atoms with E-state index in [0.717, 1.165) is 23.2 Å². The number of unbranched alkanes of at least 4 members (excludes halogenated alkanes) is 2. The van der Waals surface area contributed by atoms with Crippen molar-refractivity contribution in [1.29, 1.82) is 0 Å². The molecule has 0 fully saturated rings. The fourth-order valence-corrected chi connectivity index (χ4v) is 2.27. The second-order valence-electron chi connectivity index (χ2n) is 5.04. The number of nitrogens with two attached hydrogens (primary N) is 1. The van der Waals surface area contributed by atoms with E-state index in [1.54, 1.807) is 0 Å². The topological polar surface area (TPSA) is 63.8 Å². The number of nitrogens with zero attached hydrogens (tertiary/aromatic N) is 2. The summed E-state index contributed by atoms with van der Waals surface area (Å²) in [5, 5.41) is 11.7. The van der Waals surface area contributed by atoms with Gasteiger partial charge in [0, 0.05) is 6.04 Å². The summed E-state index contributed by atoms with van der Waals surface area (Å²) >= 11 is 5.13. The fourth-order valence-electron chi connectivity index (χ4n) is 2.02. The predicted molar refractivity (Wildman–Crippen MR) is 84.6 cm³/mol. The molecule has 0 aliphatic rings. The maximum absolute atomic E-state index is 5.81. The number of rotatable bonds is 7. The van der Waals surface area contributed by atoms with Gasteiger partial charge in [0.05, 0.1) is 11.3 Å². The fraction of sp³-hybridized carbons (Fsp3) is 0.643. The number of thiocarbonyl (C=S) groups is 1. The highest BCUT2D eigenvalue weighted by Gasteiger charge is 2.15. The Morgan fingerprint density at radius 3 is 2.58 bits per heavy atom. The summed E-state index contributed by atoms with van der Waals surface area (Å²) in [5.41, 5.74) is 8.50. The maximum Gasteiger partial charge on any atom is 0.159 e. The molecule has 1 atom stereocenters. The Balaban J connectivity index is 2.83. The zero-order chi connectivity index (χ0) is 14.4. The van der Waals surface area contributed by atoms with E-state index >= 15 is 0 Å². The molecule has 0 aromatic carbocycles. The first-order valence-electron chi connectivity index (χ1n) is 6.87. The predicted octanol–water partition coefficient (Wildman–Crippen LogP) is 3.11. The van der Waals surface area contributed by atoms with E-state index in [4.69, 9.17) is 18.0 Å². The molecule has 0 saturated heterocycles. The zero-order valence-corrected chi connectivity index (χ0v) is 13.1. The Kier molecular flexibility index (Phi) is 6.15. The monoisotopic (exact) mass is 280 g/mol. The molecular formula is C14H24N4S. The van der Waals surface area contributed by atoms with Crippen LogP contribution in [0.3, 0.4) is 0 Å². The highest BCUT2D eigenvalue weighted by Crippen LogP contribution is 2.20. The first kappa shape index (κ1) is 15.8. The largest absolute Gasteiger partial charge is 0.389 e. The minimum Gasteiger partial charge on any atom is -0.389 e. The molecule has 5 heteroatoms. The van der Waals surface area contributed by atoms with Crippen LogP contribution in [-0.4, -0.2) is 21.2 Å². The number of anilines is 1. The molecule has 0 aliphatic heterocycles. The molecule has 3 N–H and O–H groups in total. The van der Waals surface area contributed by atoms with Crippen molar-refractivity contribution in [3.63, 3.8) is 0 Å². The third kappa shape index (κ3) is 4.42. The van der Waals surface area contributed by atoms with Crippen LogP contribution in [0.5, 0.6) is 0 Å². The smallest absolute Gasteiger partial charge is 0.159 e. The number of hydrogen-bond acceptors (Lipinski definition) is 4. The first-order chi connectivity index (χ1) is 8.97. The van der Waals surface area contributed by atoms with Crippen molar-refractivity contribution in [3.05, 3.63) is 16.8 Å². The summed E-state index contributed by atoms with van der Waals surface area (Å²) in [6.07, 6.45) is 4.81. The molecule has 0 amide bonds. The lowest BCUT2D eigenvalue weighted by Crippen LogP contribution is -2.22. The third-order valence-corrected chi connectivity index (χ3v) is 3.53. The van der Waals surface area contributed by atoms with Gasteiger partial charge in [-0.15, -0.1) is 5.10 Å². The molecule has 0 aliphatic carbocycles. The summed E-state index contributed by atoms with van der Waals surface area (Å²) < 4.78 is 0. The van der Waals surface area contributed by atoms with Gasteiger partial charge in [0.25, 0.3) is 0 Å². The Labute approximate surface area is 121 Å². The van der Waals surface area contributed by atoms with Gasteiger partial charge < -0.3 is 11.1 Å². The lowest BCUT2D eigenvalue weighted by molar-refractivity contribution is 0.612. The molecule has 4 nitrogen and oxygen atoms in total. The van der Waals surface area contributed by atoms with E-state index in [0.29, 0.717) is 16.8 Å². The van der Waals surface area contributed by atoms with Gasteiger partial charge in [-0.25, -0.2) is 0 Å². The van der Waals surface area contributed by atoms with E-state index in [-0.39, 0.29) is 0 Å². The van der Waals surface area contributed by atoms with Crippen LogP contribution in [0.2, 0.25) is 0 Å². The van der Waals surface area contributed by atoms with Gasteiger partial charge >= 0.3 is 0 Å². The van der Waals surface area contributed by atoms with Crippen molar-refractivity contribution in [1.82, 2.24) is 10.2 Å². The van der Waals surface area contributed by atoms with Crippen molar-refractivity contribution >= 4 is 23.0 Å². The summed E-state index contributed by atoms with van der Waals surface area (Å²) in [5.74, 6) is 0.708. The van der Waals surface area contributed by atoms with Gasteiger partial charge in [-0.2, -0.15) is 5.10 Å². The van der Waals surface area contributed by atoms with Crippen LogP contribution < -0.4 is 11.1 Å². The van der Waals surface area contributed by atoms with E-state index in [1.807, 2.05) is 13.8 Å². The average molecular weight is 280 g/mol. The van der Waals surface area contributed by atoms with Crippen molar-refractivity contribution in [2.75, 3.05) is 5.32 Å². The second kappa shape index (κ2) is 7.38. The number of aryl methyl sites for hydroxylation is 1. The van der Waals surface area contributed by atoms with E-state index in [2.05, 4.69) is 29.4 Å². The highest BCUT2D eigenvalue weighted by atomic mass is 32.1. The number of hydrogen-bond donors (Lipinski definition) is 2. The van der Waals surface area contributed by atoms with Gasteiger partial charge in [0.2, 0.25) is 0 Å². The molecular weight excluding hydrogens is 256 g/mol. The van der Waals surface area contributed by atoms with Crippen LogP contribution in [0.1, 0.15) is 56.4 Å². The Morgan fingerprint density at radius 1 is 1.32 bits per heavy atom. The molecule has 0 bridgehead atoms. The first-order valence-corrected chi connectivity index (χ1v) is 7.28. The number of aromatic nitrogens is 2. The maximum atomic E-state index is 5.81. The van der Waals surface area contributed by atoms with Crippen LogP contribution in [0.4, 0.5) is 5.82 Å². The Bertz CT molecular complexity index is 445. The molecule has 1 heterocycles. The lowest BCUT2D eigenvalue weighted by Gasteiger charge is -2.18. The summed E-state index contributed by atoms with van der Waals surface area (Å²) in [7, 11) is 0. The quantitative estimate of drug-likeness (QED) is 0.593. The SMILES string of the molecule is CCCCCC(C)Nc1nnc(C)c(C)c1C(N)=S. The molecule has 0 saturated carbocycles. The van der Waals surface area contributed by atoms with Crippen LogP contribution in [0.25, 0.3) is 0 Å². The third-order valence-electron chi connectivity index (χ3n) is 3.32. The van der Waals surface area contributed by atoms with Crippen LogP contribution >= 0.6 is 12.2 Å². The second-order valence-corrected chi connectivity index (χ2v) is 5.48. The van der Waals surface area contributed by atoms with E-state index < -0.39 is 0 Å². The average Bonchev–Trinajstić information content (AvgIpc) is 2.34. The molecule has 19 heavy (non-hydrogen) atoms. The molecule has 0 radical (unpaired) electrons. The zero-order valence-electron chi connectivity index (χ0n) is 12.3. The van der Waals surface area contributed by atoms with E-state index in [9.17, 15) is 0 Å². The lowest BCUT2D eigenvalue weighted by atomic mass is 10.1. The van der Waals surface area contributed by atoms with Crippen LogP contribution in [0, 0.1) is 13.8 Å². The Hall–Kier alpha value is -1.23. The van der Waals surface area contributed by atoms with Gasteiger partial charge in [0.15, 0.2) is 5.82 Å². The van der Waals surface area contributed by atoms with Crippen LogP contribution in [0.15, 0.2) is 0 Å². The molecule has 0 spiro atoms. The van der Waals surface area contributed by atoms with Crippen molar-refractivity contribution < 1.29 is 0 Å². The van der Waals surface area contributed by atoms with Gasteiger partial charge in [-0.3, -0.25) is 0 Å². The van der Waals surface area contributed by atoms with Crippen molar-refractivity contribution in [2.24, 2.45) is 5.73 Å². The Morgan fingerprint density at radius 2 is 2.00 bits per heavy atom. The van der Waals surface area contributed by atoms with Gasteiger partial charge in [0.1, 0.15) is 4.99 Å². The molecule has 1 aromatic heterocycles. The minimum absolute atomic E-state index is 0.344. The summed E-state index contributed by atoms with van der Waals surface area (Å²) in [6, 6.07) is 0.344. The summed E-state index contributed by atoms with van der Waals surface area (Å²) in [4.78, 5) is 0.374. The summed E-state index contributed by atoms with van der Waals surface area (Å²) in [6.45, 7) is 8.25. The normalized spacial score (nSPS) is 12.2. The van der Waals surface area contributed by atoms with Gasteiger partial charge in [-0.1, -0.05) is 38.4 Å². The molecule has 106 valence electrons. The molecule has 1 rings (SSSR count). The van der Waals surface area contributed by atoms with Gasteiger partial charge in [-0.05, 0) is 32.8 Å². The minimum atomic E-state index is 0.344. The highest BCUT2D eigenvalue weighted by molar-refractivity contribution is 7.80. The van der Waals surface area contributed by atoms with E-state index in [1.165, 1.54) is 19.3 Å². The van der Waals surface area contributed by atoms with Crippen molar-refractivity contribution in [3.8, 4) is 0 Å². The standard InChI is InChI=1S/C14H24N4S/c1-5-6-7-8-9(2)16-14-12(13(15)19)10(3)11(4)17-18-14/h9H,5-8H2,1-4H3,(H2,15,19)(H,16,18). The molecule has 1 aromatic rings. The van der Waals surface area contributed by atoms with Crippen molar-refractivity contribution in [2.45, 2.75) is 59.4 Å². The number of nitrogens with one attached hydrogen (secondary N) is 1.